The molecule has 2 heterocycles. The number of benzene rings is 2. The first-order valence-electron chi connectivity index (χ1n) is 10.7. The topological polar surface area (TPSA) is 116 Å². The molecule has 0 aliphatic carbocycles. The zero-order valence-corrected chi connectivity index (χ0v) is 18.5. The second-order valence-corrected chi connectivity index (χ2v) is 8.45. The van der Waals surface area contributed by atoms with Gasteiger partial charge in [-0.25, -0.2) is 4.79 Å². The number of hydrogen-bond donors (Lipinski definition) is 1. The molecule has 1 atom stereocenters. The number of nitrogens with one attached hydrogen (secondary N) is 1. The molecule has 0 saturated carbocycles. The first-order valence-corrected chi connectivity index (χ1v) is 10.7. The maximum atomic E-state index is 13.1. The molecule has 0 aromatic heterocycles. The molecular weight excluding hydrogens is 426 g/mol. The van der Waals surface area contributed by atoms with Crippen LogP contribution in [0.1, 0.15) is 18.1 Å². The van der Waals surface area contributed by atoms with Crippen molar-refractivity contribution in [2.45, 2.75) is 19.4 Å². The molecule has 0 spiro atoms. The van der Waals surface area contributed by atoms with E-state index < -0.39 is 22.4 Å². The highest BCUT2D eigenvalue weighted by atomic mass is 16.6. The van der Waals surface area contributed by atoms with Crippen molar-refractivity contribution in [2.75, 3.05) is 37.6 Å². The summed E-state index contributed by atoms with van der Waals surface area (Å²) < 4.78 is 0. The highest BCUT2D eigenvalue weighted by Gasteiger charge is 2.49. The van der Waals surface area contributed by atoms with Crippen molar-refractivity contribution < 1.29 is 19.3 Å². The van der Waals surface area contributed by atoms with E-state index in [1.807, 2.05) is 24.0 Å². The standard InChI is InChI=1S/C23H25N5O5/c1-16-3-5-17(6-4-16)23(2)21(30)27(22(31)24-23)15-20(29)26-13-11-25(12-14-26)18-7-9-19(10-8-18)28(32)33/h3-10H,11-15H2,1-2H3,(H,24,31). The Labute approximate surface area is 190 Å². The van der Waals surface area contributed by atoms with Crippen LogP contribution in [0.2, 0.25) is 0 Å². The quantitative estimate of drug-likeness (QED) is 0.422. The lowest BCUT2D eigenvalue weighted by molar-refractivity contribution is -0.384. The largest absolute Gasteiger partial charge is 0.368 e. The summed E-state index contributed by atoms with van der Waals surface area (Å²) in [6.45, 7) is 5.21. The molecule has 10 nitrogen and oxygen atoms in total. The minimum atomic E-state index is -1.21. The van der Waals surface area contributed by atoms with Crippen molar-refractivity contribution in [1.82, 2.24) is 15.1 Å². The summed E-state index contributed by atoms with van der Waals surface area (Å²) in [5, 5.41) is 13.5. The molecule has 2 fully saturated rings. The monoisotopic (exact) mass is 451 g/mol. The summed E-state index contributed by atoms with van der Waals surface area (Å²) in [5.74, 6) is -0.746. The second-order valence-electron chi connectivity index (χ2n) is 8.45. The highest BCUT2D eigenvalue weighted by Crippen LogP contribution is 2.29. The molecule has 2 aromatic carbocycles. The average Bonchev–Trinajstić information content (AvgIpc) is 3.03. The number of nitro benzene ring substituents is 1. The molecule has 1 unspecified atom stereocenters. The zero-order chi connectivity index (χ0) is 23.8. The van der Waals surface area contributed by atoms with Crippen LogP contribution < -0.4 is 10.2 Å². The molecule has 0 bridgehead atoms. The summed E-state index contributed by atoms with van der Waals surface area (Å²) in [6.07, 6.45) is 0. The van der Waals surface area contributed by atoms with Crippen LogP contribution in [0.3, 0.4) is 0 Å². The summed E-state index contributed by atoms with van der Waals surface area (Å²) in [4.78, 5) is 53.5. The Morgan fingerprint density at radius 3 is 2.21 bits per heavy atom. The van der Waals surface area contributed by atoms with Gasteiger partial charge in [0.15, 0.2) is 0 Å². The Balaban J connectivity index is 1.37. The van der Waals surface area contributed by atoms with E-state index in [-0.39, 0.29) is 18.1 Å². The lowest BCUT2D eigenvalue weighted by Gasteiger charge is -2.36. The maximum absolute atomic E-state index is 13.1. The van der Waals surface area contributed by atoms with E-state index in [1.54, 1.807) is 36.1 Å². The number of hydrogen-bond acceptors (Lipinski definition) is 6. The van der Waals surface area contributed by atoms with E-state index in [1.165, 1.54) is 12.1 Å². The first-order chi connectivity index (χ1) is 15.7. The van der Waals surface area contributed by atoms with Gasteiger partial charge in [-0.1, -0.05) is 29.8 Å². The molecule has 1 N–H and O–H groups in total. The predicted octanol–water partition coefficient (Wildman–Crippen LogP) is 2.02. The molecule has 2 aliphatic heterocycles. The minimum absolute atomic E-state index is 0.0266. The molecular formula is C23H25N5O5. The van der Waals surface area contributed by atoms with Gasteiger partial charge in [0.05, 0.1) is 4.92 Å². The van der Waals surface area contributed by atoms with Crippen LogP contribution in [0, 0.1) is 17.0 Å². The number of rotatable bonds is 5. The van der Waals surface area contributed by atoms with E-state index in [9.17, 15) is 24.5 Å². The third-order valence-corrected chi connectivity index (χ3v) is 6.26. The number of imide groups is 1. The maximum Gasteiger partial charge on any atom is 0.325 e. The van der Waals surface area contributed by atoms with Gasteiger partial charge >= 0.3 is 6.03 Å². The Morgan fingerprint density at radius 1 is 1.03 bits per heavy atom. The predicted molar refractivity (Wildman–Crippen MR) is 121 cm³/mol. The number of urea groups is 1. The summed E-state index contributed by atoms with van der Waals surface area (Å²) in [6, 6.07) is 13.1. The van der Waals surface area contributed by atoms with Crippen LogP contribution in [0.15, 0.2) is 48.5 Å². The SMILES string of the molecule is Cc1ccc(C2(C)NC(=O)N(CC(=O)N3CCN(c4ccc([N+](=O)[O-])cc4)CC3)C2=O)cc1. The third-order valence-electron chi connectivity index (χ3n) is 6.26. The van der Waals surface area contributed by atoms with Crippen molar-refractivity contribution in [2.24, 2.45) is 0 Å². The number of nitro groups is 1. The summed E-state index contributed by atoms with van der Waals surface area (Å²) in [5.41, 5.74) is 1.37. The fraction of sp³-hybridized carbons (Fsp3) is 0.348. The molecule has 2 saturated heterocycles. The van der Waals surface area contributed by atoms with Gasteiger partial charge in [-0.3, -0.25) is 24.6 Å². The van der Waals surface area contributed by atoms with Gasteiger partial charge in [-0.05, 0) is 31.5 Å². The molecule has 2 aliphatic rings. The van der Waals surface area contributed by atoms with E-state index in [0.717, 1.165) is 16.2 Å². The van der Waals surface area contributed by atoms with Crippen LogP contribution >= 0.6 is 0 Å². The highest BCUT2D eigenvalue weighted by molar-refractivity contribution is 6.09. The average molecular weight is 451 g/mol. The molecule has 0 radical (unpaired) electrons. The van der Waals surface area contributed by atoms with E-state index in [2.05, 4.69) is 5.32 Å². The van der Waals surface area contributed by atoms with Crippen molar-refractivity contribution >= 4 is 29.2 Å². The molecule has 2 aromatic rings. The van der Waals surface area contributed by atoms with Crippen molar-refractivity contribution in [3.05, 3.63) is 69.8 Å². The number of carbonyl (C=O) groups is 3. The van der Waals surface area contributed by atoms with Crippen molar-refractivity contribution in [1.29, 1.82) is 0 Å². The Hall–Kier alpha value is -3.95. The van der Waals surface area contributed by atoms with Gasteiger partial charge < -0.3 is 15.1 Å². The van der Waals surface area contributed by atoms with E-state index in [0.29, 0.717) is 31.7 Å². The van der Waals surface area contributed by atoms with Gasteiger partial charge in [0.25, 0.3) is 11.6 Å². The molecule has 10 heteroatoms. The molecule has 172 valence electrons. The van der Waals surface area contributed by atoms with Crippen molar-refractivity contribution in [3.63, 3.8) is 0 Å². The Morgan fingerprint density at radius 2 is 1.64 bits per heavy atom. The number of aryl methyl sites for hydroxylation is 1. The van der Waals surface area contributed by atoms with Gasteiger partial charge in [0, 0.05) is 44.0 Å². The number of piperazine rings is 1. The van der Waals surface area contributed by atoms with Crippen LogP contribution in [0.4, 0.5) is 16.2 Å². The fourth-order valence-electron chi connectivity index (χ4n) is 4.16. The van der Waals surface area contributed by atoms with E-state index in [4.69, 9.17) is 0 Å². The molecule has 4 amide bonds. The van der Waals surface area contributed by atoms with Crippen LogP contribution in [0.25, 0.3) is 0 Å². The van der Waals surface area contributed by atoms with Gasteiger partial charge in [0.2, 0.25) is 5.91 Å². The molecule has 33 heavy (non-hydrogen) atoms. The number of amides is 4. The number of non-ortho nitro benzene ring substituents is 1. The van der Waals surface area contributed by atoms with E-state index >= 15 is 0 Å². The number of carbonyl (C=O) groups excluding carboxylic acids is 3. The van der Waals surface area contributed by atoms with Gasteiger partial charge in [-0.15, -0.1) is 0 Å². The minimum Gasteiger partial charge on any atom is -0.368 e. The second kappa shape index (κ2) is 8.53. The first kappa shape index (κ1) is 22.3. The summed E-state index contributed by atoms with van der Waals surface area (Å²) >= 11 is 0. The Bertz CT molecular complexity index is 1090. The van der Waals surface area contributed by atoms with Crippen LogP contribution in [0.5, 0.6) is 0 Å². The lowest BCUT2D eigenvalue weighted by atomic mass is 9.91. The number of anilines is 1. The van der Waals surface area contributed by atoms with Gasteiger partial charge in [-0.2, -0.15) is 0 Å². The summed E-state index contributed by atoms with van der Waals surface area (Å²) in [7, 11) is 0. The normalized spacial score (nSPS) is 20.7. The van der Waals surface area contributed by atoms with Crippen molar-refractivity contribution in [3.8, 4) is 0 Å². The van der Waals surface area contributed by atoms with Crippen LogP contribution in [-0.4, -0.2) is 65.3 Å². The Kier molecular flexibility index (Phi) is 5.75. The van der Waals surface area contributed by atoms with Gasteiger partial charge in [0.1, 0.15) is 12.1 Å². The zero-order valence-electron chi connectivity index (χ0n) is 18.5. The molecule has 4 rings (SSSR count). The lowest BCUT2D eigenvalue weighted by Crippen LogP contribution is -2.52. The third kappa shape index (κ3) is 4.23. The number of nitrogens with zero attached hydrogens (tertiary/aromatic N) is 4. The van der Waals surface area contributed by atoms with Crippen LogP contribution in [-0.2, 0) is 15.1 Å². The fourth-order valence-corrected chi connectivity index (χ4v) is 4.16. The smallest absolute Gasteiger partial charge is 0.325 e.